The molecule has 1 atom stereocenters. The highest BCUT2D eigenvalue weighted by Gasteiger charge is 2.18. The fourth-order valence-corrected chi connectivity index (χ4v) is 4.05. The number of aromatic nitrogens is 2. The predicted octanol–water partition coefficient (Wildman–Crippen LogP) is 2.29. The van der Waals surface area contributed by atoms with Crippen LogP contribution in [0.4, 0.5) is 0 Å². The molecule has 2 aromatic rings. The van der Waals surface area contributed by atoms with Gasteiger partial charge in [-0.15, -0.1) is 23.1 Å². The highest BCUT2D eigenvalue weighted by Crippen LogP contribution is 2.26. The zero-order valence-electron chi connectivity index (χ0n) is 15.5. The number of amides is 1. The Morgan fingerprint density at radius 3 is 2.65 bits per heavy atom. The minimum absolute atomic E-state index is 0.00431. The summed E-state index contributed by atoms with van der Waals surface area (Å²) in [5.41, 5.74) is 0.794. The minimum atomic E-state index is -0.477. The Morgan fingerprint density at radius 1 is 1.31 bits per heavy atom. The Bertz CT molecular complexity index is 873. The lowest BCUT2D eigenvalue weighted by atomic mass is 10.2. The van der Waals surface area contributed by atoms with Gasteiger partial charge < -0.3 is 15.0 Å². The Kier molecular flexibility index (Phi) is 6.82. The minimum Gasteiger partial charge on any atom is -0.455 e. The first-order valence-corrected chi connectivity index (χ1v) is 10.1. The van der Waals surface area contributed by atoms with Crippen LogP contribution >= 0.6 is 23.1 Å². The van der Waals surface area contributed by atoms with E-state index < -0.39 is 11.2 Å². The second-order valence-corrected chi connectivity index (χ2v) is 8.79. The van der Waals surface area contributed by atoms with E-state index in [-0.39, 0.29) is 24.1 Å². The summed E-state index contributed by atoms with van der Waals surface area (Å²) in [6.07, 6.45) is 0. The number of nitrogens with zero attached hydrogens (tertiary/aromatic N) is 1. The number of fused-ring (bicyclic) bond motifs is 1. The Labute approximate surface area is 159 Å². The van der Waals surface area contributed by atoms with E-state index in [4.69, 9.17) is 4.74 Å². The molecule has 7 nitrogen and oxygen atoms in total. The molecule has 0 unspecified atom stereocenters. The van der Waals surface area contributed by atoms with E-state index in [0.717, 1.165) is 10.4 Å². The summed E-state index contributed by atoms with van der Waals surface area (Å²) in [5.74, 6) is 0.0897. The van der Waals surface area contributed by atoms with Crippen molar-refractivity contribution in [3.8, 4) is 0 Å². The summed E-state index contributed by atoms with van der Waals surface area (Å²) in [5, 5.41) is 2.81. The van der Waals surface area contributed by atoms with Crippen molar-refractivity contribution in [1.29, 1.82) is 0 Å². The molecule has 2 aromatic heterocycles. The molecule has 0 aliphatic carbocycles. The molecule has 2 rings (SSSR count). The molecule has 0 bridgehead atoms. The van der Waals surface area contributed by atoms with E-state index in [2.05, 4.69) is 15.3 Å². The standard InChI is InChI=1S/C17H23N3O4S2/c1-8(2)18-13(21)6-24-17(23)11(5)25-7-12-19-15(22)14-9(3)10(4)26-16(14)20-12/h8,11H,6-7H2,1-5H3,(H,18,21)(H,19,20,22)/t11-/m0/s1. The number of rotatable bonds is 7. The van der Waals surface area contributed by atoms with Gasteiger partial charge in [0.25, 0.3) is 11.5 Å². The van der Waals surface area contributed by atoms with E-state index in [1.807, 2.05) is 27.7 Å². The quantitative estimate of drug-likeness (QED) is 0.695. The lowest BCUT2D eigenvalue weighted by Gasteiger charge is -2.12. The fourth-order valence-electron chi connectivity index (χ4n) is 2.26. The first kappa shape index (κ1) is 20.4. The maximum Gasteiger partial charge on any atom is 0.319 e. The van der Waals surface area contributed by atoms with E-state index in [0.29, 0.717) is 21.8 Å². The maximum atomic E-state index is 12.2. The maximum absolute atomic E-state index is 12.2. The van der Waals surface area contributed by atoms with Gasteiger partial charge in [0.2, 0.25) is 0 Å². The van der Waals surface area contributed by atoms with Crippen molar-refractivity contribution >= 4 is 45.2 Å². The molecule has 1 amide bonds. The molecule has 0 saturated heterocycles. The van der Waals surface area contributed by atoms with Crippen molar-refractivity contribution < 1.29 is 14.3 Å². The van der Waals surface area contributed by atoms with Gasteiger partial charge in [-0.3, -0.25) is 14.4 Å². The normalized spacial score (nSPS) is 12.4. The molecule has 2 N–H and O–H groups in total. The van der Waals surface area contributed by atoms with Crippen LogP contribution in [0.1, 0.15) is 37.0 Å². The number of aryl methyl sites for hydroxylation is 2. The number of nitrogens with one attached hydrogen (secondary N) is 2. The number of carbonyl (C=O) groups excluding carboxylic acids is 2. The SMILES string of the molecule is Cc1sc2nc(CS[C@@H](C)C(=O)OCC(=O)NC(C)C)[nH]c(=O)c2c1C. The number of thiophene rings is 1. The van der Waals surface area contributed by atoms with Crippen LogP contribution < -0.4 is 10.9 Å². The van der Waals surface area contributed by atoms with Crippen LogP contribution in [0.3, 0.4) is 0 Å². The van der Waals surface area contributed by atoms with E-state index in [1.54, 1.807) is 6.92 Å². The summed E-state index contributed by atoms with van der Waals surface area (Å²) >= 11 is 2.78. The van der Waals surface area contributed by atoms with Crippen LogP contribution in [0.2, 0.25) is 0 Å². The van der Waals surface area contributed by atoms with Crippen LogP contribution in [0.25, 0.3) is 10.2 Å². The van der Waals surface area contributed by atoms with E-state index in [9.17, 15) is 14.4 Å². The second-order valence-electron chi connectivity index (χ2n) is 6.26. The highest BCUT2D eigenvalue weighted by atomic mass is 32.2. The van der Waals surface area contributed by atoms with Gasteiger partial charge in [0, 0.05) is 10.9 Å². The first-order chi connectivity index (χ1) is 12.2. The molecule has 0 fully saturated rings. The van der Waals surface area contributed by atoms with Gasteiger partial charge in [0.15, 0.2) is 6.61 Å². The van der Waals surface area contributed by atoms with Crippen LogP contribution in [-0.4, -0.2) is 39.7 Å². The molecule has 0 spiro atoms. The van der Waals surface area contributed by atoms with Crippen LogP contribution in [0.15, 0.2) is 4.79 Å². The van der Waals surface area contributed by atoms with E-state index in [1.165, 1.54) is 23.1 Å². The molecule has 2 heterocycles. The highest BCUT2D eigenvalue weighted by molar-refractivity contribution is 7.99. The van der Waals surface area contributed by atoms with Crippen molar-refractivity contribution in [1.82, 2.24) is 15.3 Å². The molecular weight excluding hydrogens is 374 g/mol. The van der Waals surface area contributed by atoms with Crippen LogP contribution in [-0.2, 0) is 20.1 Å². The Morgan fingerprint density at radius 2 is 2.00 bits per heavy atom. The third kappa shape index (κ3) is 5.07. The topological polar surface area (TPSA) is 101 Å². The average Bonchev–Trinajstić information content (AvgIpc) is 2.84. The lowest BCUT2D eigenvalue weighted by molar-refractivity contribution is -0.147. The number of thioether (sulfide) groups is 1. The molecule has 0 aliphatic rings. The van der Waals surface area contributed by atoms with Crippen molar-refractivity contribution in [3.05, 3.63) is 26.6 Å². The number of carbonyl (C=O) groups is 2. The van der Waals surface area contributed by atoms with Crippen molar-refractivity contribution in [2.45, 2.75) is 51.7 Å². The van der Waals surface area contributed by atoms with Gasteiger partial charge in [-0.2, -0.15) is 0 Å². The van der Waals surface area contributed by atoms with Crippen molar-refractivity contribution in [2.24, 2.45) is 0 Å². The summed E-state index contributed by atoms with van der Waals surface area (Å²) in [7, 11) is 0. The summed E-state index contributed by atoms with van der Waals surface area (Å²) in [4.78, 5) is 44.8. The van der Waals surface area contributed by atoms with Crippen molar-refractivity contribution in [2.75, 3.05) is 6.61 Å². The third-order valence-corrected chi connectivity index (χ3v) is 5.92. The molecule has 0 radical (unpaired) electrons. The monoisotopic (exact) mass is 397 g/mol. The second kappa shape index (κ2) is 8.68. The molecule has 142 valence electrons. The zero-order valence-corrected chi connectivity index (χ0v) is 17.1. The number of hydrogen-bond donors (Lipinski definition) is 2. The molecule has 0 aliphatic heterocycles. The molecule has 0 saturated carbocycles. The third-order valence-electron chi connectivity index (χ3n) is 3.69. The van der Waals surface area contributed by atoms with Gasteiger partial charge in [-0.1, -0.05) is 0 Å². The largest absolute Gasteiger partial charge is 0.455 e. The summed E-state index contributed by atoms with van der Waals surface area (Å²) < 4.78 is 5.01. The molecule has 0 aromatic carbocycles. The van der Waals surface area contributed by atoms with Gasteiger partial charge in [0.1, 0.15) is 15.9 Å². The van der Waals surface area contributed by atoms with Crippen LogP contribution in [0, 0.1) is 13.8 Å². The van der Waals surface area contributed by atoms with E-state index >= 15 is 0 Å². The van der Waals surface area contributed by atoms with Gasteiger partial charge in [-0.25, -0.2) is 4.98 Å². The predicted molar refractivity (Wildman–Crippen MR) is 105 cm³/mol. The number of aromatic amines is 1. The molecule has 26 heavy (non-hydrogen) atoms. The number of ether oxygens (including phenoxy) is 1. The Hall–Kier alpha value is -1.87. The molecule has 9 heteroatoms. The average molecular weight is 398 g/mol. The number of hydrogen-bond acceptors (Lipinski definition) is 7. The summed E-state index contributed by atoms with van der Waals surface area (Å²) in [6.45, 7) is 8.94. The van der Waals surface area contributed by atoms with Crippen LogP contribution in [0.5, 0.6) is 0 Å². The lowest BCUT2D eigenvalue weighted by Crippen LogP contribution is -2.34. The molecular formula is C17H23N3O4S2. The zero-order chi connectivity index (χ0) is 19.4. The van der Waals surface area contributed by atoms with Gasteiger partial charge in [-0.05, 0) is 40.2 Å². The van der Waals surface area contributed by atoms with Gasteiger partial charge in [0.05, 0.1) is 11.1 Å². The Balaban J connectivity index is 1.93. The number of esters is 1. The van der Waals surface area contributed by atoms with Crippen molar-refractivity contribution in [3.63, 3.8) is 0 Å². The summed E-state index contributed by atoms with van der Waals surface area (Å²) in [6, 6.07) is -0.00431. The fraction of sp³-hybridized carbons (Fsp3) is 0.529. The first-order valence-electron chi connectivity index (χ1n) is 8.25. The smallest absolute Gasteiger partial charge is 0.319 e. The number of H-pyrrole nitrogens is 1. The van der Waals surface area contributed by atoms with Gasteiger partial charge >= 0.3 is 5.97 Å².